The zero-order chi connectivity index (χ0) is 29.6. The van der Waals surface area contributed by atoms with E-state index >= 15 is 0 Å². The highest BCUT2D eigenvalue weighted by molar-refractivity contribution is 5.82. The minimum atomic E-state index is 0.120. The van der Waals surface area contributed by atoms with Gasteiger partial charge in [0.25, 0.3) is 0 Å². The maximum atomic E-state index is 4.61. The number of aromatic nitrogens is 1. The maximum Gasteiger partial charge on any atom is 0.0702 e. The monoisotopic (exact) mass is 568 g/mol. The summed E-state index contributed by atoms with van der Waals surface area (Å²) in [6.45, 7) is 0. The van der Waals surface area contributed by atoms with Gasteiger partial charge in [0, 0.05) is 45.9 Å². The maximum absolute atomic E-state index is 4.61. The molecule has 1 aliphatic heterocycles. The molecule has 4 nitrogen and oxygen atoms in total. The molecule has 1 aromatic heterocycles. The van der Waals surface area contributed by atoms with Crippen LogP contribution in [-0.4, -0.2) is 4.98 Å². The Morgan fingerprint density at radius 3 is 1.66 bits per heavy atom. The summed E-state index contributed by atoms with van der Waals surface area (Å²) in [5, 5.41) is 3.46. The molecule has 5 aromatic carbocycles. The molecule has 44 heavy (non-hydrogen) atoms. The predicted octanol–water partition coefficient (Wildman–Crippen LogP) is 10.4. The molecule has 0 spiro atoms. The first-order valence-corrected chi connectivity index (χ1v) is 14.8. The van der Waals surface area contributed by atoms with E-state index in [-0.39, 0.29) is 6.04 Å². The molecule has 6 aromatic rings. The van der Waals surface area contributed by atoms with Gasteiger partial charge in [0.2, 0.25) is 0 Å². The van der Waals surface area contributed by atoms with Crippen LogP contribution in [0.1, 0.15) is 11.6 Å². The van der Waals surface area contributed by atoms with Crippen LogP contribution in [0.5, 0.6) is 0 Å². The van der Waals surface area contributed by atoms with E-state index in [4.69, 9.17) is 0 Å². The van der Waals surface area contributed by atoms with Crippen molar-refractivity contribution in [3.8, 4) is 11.3 Å². The van der Waals surface area contributed by atoms with Gasteiger partial charge in [0.1, 0.15) is 0 Å². The number of allylic oxidation sites excluding steroid dienone is 2. The predicted molar refractivity (Wildman–Crippen MR) is 183 cm³/mol. The Hall–Kier alpha value is -5.87. The number of nitrogens with one attached hydrogen (secondary N) is 1. The van der Waals surface area contributed by atoms with Gasteiger partial charge in [-0.1, -0.05) is 78.9 Å². The molecule has 4 heteroatoms. The summed E-state index contributed by atoms with van der Waals surface area (Å²) in [5.74, 6) is 0. The average molecular weight is 569 g/mol. The number of anilines is 6. The second kappa shape index (κ2) is 12.6. The SMILES string of the molecule is C1=CNC(c2cccc(N(c3ccc(N(c4ccccc4)c4ccccc4)cc3)c3cccc(-c4ccccn4)c3)c2)C=C1. The molecule has 0 amide bonds. The van der Waals surface area contributed by atoms with E-state index in [1.807, 2.05) is 30.6 Å². The molecule has 0 saturated carbocycles. The van der Waals surface area contributed by atoms with Crippen LogP contribution in [0.25, 0.3) is 11.3 Å². The highest BCUT2D eigenvalue weighted by Crippen LogP contribution is 2.40. The normalized spacial score (nSPS) is 13.7. The topological polar surface area (TPSA) is 31.4 Å². The summed E-state index contributed by atoms with van der Waals surface area (Å²) < 4.78 is 0. The van der Waals surface area contributed by atoms with Crippen LogP contribution in [0.2, 0.25) is 0 Å². The van der Waals surface area contributed by atoms with Crippen LogP contribution in [0.4, 0.5) is 34.1 Å². The van der Waals surface area contributed by atoms with Crippen LogP contribution < -0.4 is 15.1 Å². The second-order valence-electron chi connectivity index (χ2n) is 10.6. The Kier molecular flexibility index (Phi) is 7.70. The van der Waals surface area contributed by atoms with E-state index in [1.165, 1.54) is 5.56 Å². The van der Waals surface area contributed by atoms with Gasteiger partial charge in [0.05, 0.1) is 11.7 Å². The zero-order valence-electron chi connectivity index (χ0n) is 24.2. The van der Waals surface area contributed by atoms with Gasteiger partial charge in [-0.25, -0.2) is 0 Å². The molecule has 0 bridgehead atoms. The van der Waals surface area contributed by atoms with Crippen molar-refractivity contribution in [2.75, 3.05) is 9.80 Å². The Morgan fingerprint density at radius 1 is 0.477 bits per heavy atom. The van der Waals surface area contributed by atoms with Gasteiger partial charge in [-0.2, -0.15) is 0 Å². The fourth-order valence-corrected chi connectivity index (χ4v) is 5.65. The largest absolute Gasteiger partial charge is 0.381 e. The number of benzene rings is 5. The molecule has 0 fully saturated rings. The third-order valence-corrected chi connectivity index (χ3v) is 7.73. The van der Waals surface area contributed by atoms with Gasteiger partial charge >= 0.3 is 0 Å². The number of hydrogen-bond acceptors (Lipinski definition) is 4. The number of para-hydroxylation sites is 2. The van der Waals surface area contributed by atoms with E-state index in [0.29, 0.717) is 0 Å². The molecule has 7 rings (SSSR count). The van der Waals surface area contributed by atoms with Gasteiger partial charge in [-0.3, -0.25) is 4.98 Å². The lowest BCUT2D eigenvalue weighted by atomic mass is 10.0. The van der Waals surface area contributed by atoms with Crippen LogP contribution in [0, 0.1) is 0 Å². The van der Waals surface area contributed by atoms with Gasteiger partial charge in [-0.15, -0.1) is 0 Å². The van der Waals surface area contributed by atoms with E-state index < -0.39 is 0 Å². The smallest absolute Gasteiger partial charge is 0.0702 e. The van der Waals surface area contributed by atoms with Crippen LogP contribution in [0.3, 0.4) is 0 Å². The van der Waals surface area contributed by atoms with E-state index in [9.17, 15) is 0 Å². The highest BCUT2D eigenvalue weighted by Gasteiger charge is 2.18. The first kappa shape index (κ1) is 27.0. The molecule has 1 N–H and O–H groups in total. The molecule has 2 heterocycles. The highest BCUT2D eigenvalue weighted by atomic mass is 15.2. The third kappa shape index (κ3) is 5.74. The van der Waals surface area contributed by atoms with Crippen LogP contribution in [0.15, 0.2) is 182 Å². The minimum absolute atomic E-state index is 0.120. The molecule has 1 aliphatic rings. The van der Waals surface area contributed by atoms with Crippen molar-refractivity contribution < 1.29 is 0 Å². The number of dihydropyridines is 1. The molecule has 212 valence electrons. The Labute approximate surface area is 258 Å². The summed E-state index contributed by atoms with van der Waals surface area (Å²) >= 11 is 0. The van der Waals surface area contributed by atoms with Crippen molar-refractivity contribution in [1.82, 2.24) is 10.3 Å². The lowest BCUT2D eigenvalue weighted by Gasteiger charge is -2.29. The number of hydrogen-bond donors (Lipinski definition) is 1. The van der Waals surface area contributed by atoms with Gasteiger partial charge in [-0.05, 0) is 103 Å². The van der Waals surface area contributed by atoms with E-state index in [2.05, 4.69) is 172 Å². The van der Waals surface area contributed by atoms with Gasteiger partial charge < -0.3 is 15.1 Å². The first-order valence-electron chi connectivity index (χ1n) is 14.8. The Bertz CT molecular complexity index is 1840. The molecule has 1 unspecified atom stereocenters. The van der Waals surface area contributed by atoms with Crippen molar-refractivity contribution in [1.29, 1.82) is 0 Å². The van der Waals surface area contributed by atoms with E-state index in [1.54, 1.807) is 0 Å². The third-order valence-electron chi connectivity index (χ3n) is 7.73. The standard InChI is InChI=1S/C40H32N4/c1-3-15-33(16-4-1)43(34-17-5-2-6-18-34)35-23-25-36(26-24-35)44(37-19-11-13-31(29-37)39-21-7-9-27-41-39)38-20-12-14-32(30-38)40-22-8-10-28-42-40/h1-30,39,41H. The fourth-order valence-electron chi connectivity index (χ4n) is 5.65. The quantitative estimate of drug-likeness (QED) is 0.198. The number of nitrogens with zero attached hydrogens (tertiary/aromatic N) is 3. The fraction of sp³-hybridized carbons (Fsp3) is 0.0250. The Balaban J connectivity index is 1.32. The van der Waals surface area contributed by atoms with Crippen molar-refractivity contribution in [3.05, 3.63) is 188 Å². The number of pyridine rings is 1. The zero-order valence-corrected chi connectivity index (χ0v) is 24.2. The van der Waals surface area contributed by atoms with E-state index in [0.717, 1.165) is 45.4 Å². The van der Waals surface area contributed by atoms with Crippen molar-refractivity contribution in [3.63, 3.8) is 0 Å². The second-order valence-corrected chi connectivity index (χ2v) is 10.6. The minimum Gasteiger partial charge on any atom is -0.381 e. The molecular formula is C40H32N4. The number of rotatable bonds is 8. The summed E-state index contributed by atoms with van der Waals surface area (Å²) in [6, 6.07) is 53.3. The van der Waals surface area contributed by atoms with Crippen molar-refractivity contribution in [2.45, 2.75) is 6.04 Å². The summed E-state index contributed by atoms with van der Waals surface area (Å²) in [4.78, 5) is 9.21. The Morgan fingerprint density at radius 2 is 1.05 bits per heavy atom. The summed E-state index contributed by atoms with van der Waals surface area (Å²) in [7, 11) is 0. The molecule has 1 atom stereocenters. The summed E-state index contributed by atoms with van der Waals surface area (Å²) in [5.41, 5.74) is 9.74. The summed E-state index contributed by atoms with van der Waals surface area (Å²) in [6.07, 6.45) is 10.1. The van der Waals surface area contributed by atoms with Crippen LogP contribution >= 0.6 is 0 Å². The van der Waals surface area contributed by atoms with Crippen molar-refractivity contribution >= 4 is 34.1 Å². The molecule has 0 saturated heterocycles. The van der Waals surface area contributed by atoms with Crippen molar-refractivity contribution in [2.24, 2.45) is 0 Å². The molecular weight excluding hydrogens is 536 g/mol. The lowest BCUT2D eigenvalue weighted by Crippen LogP contribution is -2.16. The average Bonchev–Trinajstić information content (AvgIpc) is 3.11. The molecule has 0 radical (unpaired) electrons. The van der Waals surface area contributed by atoms with Gasteiger partial charge in [0.15, 0.2) is 0 Å². The van der Waals surface area contributed by atoms with Crippen LogP contribution in [-0.2, 0) is 0 Å². The molecule has 0 aliphatic carbocycles. The lowest BCUT2D eigenvalue weighted by molar-refractivity contribution is 0.746. The first-order chi connectivity index (χ1) is 21.8.